The van der Waals surface area contributed by atoms with Gasteiger partial charge in [0.05, 0.1) is 18.2 Å². The van der Waals surface area contributed by atoms with Crippen molar-refractivity contribution >= 4 is 12.2 Å². The molecule has 0 rings (SSSR count). The van der Waals surface area contributed by atoms with Crippen LogP contribution in [0.3, 0.4) is 0 Å². The molecule has 1 amide bonds. The predicted molar refractivity (Wildman–Crippen MR) is 61.7 cm³/mol. The van der Waals surface area contributed by atoms with Gasteiger partial charge >= 0.3 is 0 Å². The highest BCUT2D eigenvalue weighted by molar-refractivity contribution is 5.81. The van der Waals surface area contributed by atoms with Crippen LogP contribution in [-0.4, -0.2) is 35.5 Å². The Bertz CT molecular complexity index is 229. The summed E-state index contributed by atoms with van der Waals surface area (Å²) in [5, 5.41) is 12.4. The predicted octanol–water partition coefficient (Wildman–Crippen LogP) is -0.186. The Morgan fingerprint density at radius 1 is 1.44 bits per heavy atom. The maximum atomic E-state index is 11.4. The van der Waals surface area contributed by atoms with Crippen molar-refractivity contribution in [3.8, 4) is 0 Å². The molecule has 0 aliphatic heterocycles. The number of carbonyl (C=O) groups excluding carboxylic acids is 2. The lowest BCUT2D eigenvalue weighted by molar-refractivity contribution is -0.124. The monoisotopic (exact) mass is 230 g/mol. The van der Waals surface area contributed by atoms with Crippen LogP contribution >= 0.6 is 0 Å². The fourth-order valence-electron chi connectivity index (χ4n) is 1.40. The summed E-state index contributed by atoms with van der Waals surface area (Å²) in [5.41, 5.74) is 5.43. The molecule has 0 aromatic carbocycles. The van der Waals surface area contributed by atoms with E-state index < -0.39 is 18.2 Å². The third-order valence-electron chi connectivity index (χ3n) is 2.27. The highest BCUT2D eigenvalue weighted by Gasteiger charge is 2.23. The van der Waals surface area contributed by atoms with E-state index in [1.54, 1.807) is 6.92 Å². The van der Waals surface area contributed by atoms with Crippen LogP contribution < -0.4 is 11.1 Å². The van der Waals surface area contributed by atoms with Gasteiger partial charge in [0.25, 0.3) is 0 Å². The molecule has 0 aliphatic carbocycles. The Morgan fingerprint density at radius 2 is 2.00 bits per heavy atom. The average molecular weight is 230 g/mol. The molecule has 0 saturated carbocycles. The number of hydrogen-bond acceptors (Lipinski definition) is 4. The van der Waals surface area contributed by atoms with Crippen LogP contribution in [0.4, 0.5) is 0 Å². The molecule has 94 valence electrons. The molecule has 1 unspecified atom stereocenters. The molecule has 5 nitrogen and oxygen atoms in total. The van der Waals surface area contributed by atoms with Crippen LogP contribution in [0.2, 0.25) is 0 Å². The Kier molecular flexibility index (Phi) is 6.92. The molecule has 0 aromatic heterocycles. The fourth-order valence-corrected chi connectivity index (χ4v) is 1.40. The summed E-state index contributed by atoms with van der Waals surface area (Å²) < 4.78 is 0. The van der Waals surface area contributed by atoms with Gasteiger partial charge in [0.1, 0.15) is 6.29 Å². The summed E-state index contributed by atoms with van der Waals surface area (Å²) in [7, 11) is 0. The van der Waals surface area contributed by atoms with Crippen LogP contribution in [0.5, 0.6) is 0 Å². The zero-order valence-electron chi connectivity index (χ0n) is 10.1. The smallest absolute Gasteiger partial charge is 0.236 e. The number of amides is 1. The molecule has 0 heterocycles. The van der Waals surface area contributed by atoms with Crippen molar-refractivity contribution in [1.29, 1.82) is 0 Å². The van der Waals surface area contributed by atoms with Crippen LogP contribution in [0.25, 0.3) is 0 Å². The zero-order chi connectivity index (χ0) is 12.7. The van der Waals surface area contributed by atoms with Crippen molar-refractivity contribution in [1.82, 2.24) is 5.32 Å². The second-order valence-electron chi connectivity index (χ2n) is 4.50. The summed E-state index contributed by atoms with van der Waals surface area (Å²) >= 11 is 0. The number of carbonyl (C=O) groups is 2. The lowest BCUT2D eigenvalue weighted by Crippen LogP contribution is -2.49. The number of nitrogens with one attached hydrogen (secondary N) is 1. The molecule has 3 atom stereocenters. The maximum absolute atomic E-state index is 11.4. The van der Waals surface area contributed by atoms with Gasteiger partial charge in [-0.25, -0.2) is 0 Å². The molecule has 0 aromatic rings. The molecular weight excluding hydrogens is 208 g/mol. The molecule has 0 saturated heterocycles. The number of aliphatic hydroxyl groups excluding tert-OH is 1. The molecule has 16 heavy (non-hydrogen) atoms. The summed E-state index contributed by atoms with van der Waals surface area (Å²) in [4.78, 5) is 21.7. The largest absolute Gasteiger partial charge is 0.391 e. The van der Waals surface area contributed by atoms with Gasteiger partial charge in [0.2, 0.25) is 5.91 Å². The molecule has 0 radical (unpaired) electrons. The Hall–Kier alpha value is -0.940. The molecular formula is C11H22N2O3. The SMILES string of the molecule is CC(C)C[C@H](NC(=O)C(C)N)[C@@H](O)CC=O. The third-order valence-corrected chi connectivity index (χ3v) is 2.27. The first-order chi connectivity index (χ1) is 7.38. The highest BCUT2D eigenvalue weighted by atomic mass is 16.3. The quantitative estimate of drug-likeness (QED) is 0.529. The highest BCUT2D eigenvalue weighted by Crippen LogP contribution is 2.10. The maximum Gasteiger partial charge on any atom is 0.236 e. The standard InChI is InChI=1S/C11H22N2O3/c1-7(2)6-9(10(15)4-5-14)13-11(16)8(3)12/h5,7-10,15H,4,6,12H2,1-3H3,(H,13,16)/t8?,9-,10-/m0/s1. The average Bonchev–Trinajstić information content (AvgIpc) is 2.16. The van der Waals surface area contributed by atoms with E-state index in [2.05, 4.69) is 5.32 Å². The number of nitrogens with two attached hydrogens (primary N) is 1. The Labute approximate surface area is 96.4 Å². The minimum atomic E-state index is -0.845. The van der Waals surface area contributed by atoms with E-state index in [1.165, 1.54) is 0 Å². The van der Waals surface area contributed by atoms with Crippen molar-refractivity contribution in [2.75, 3.05) is 0 Å². The van der Waals surface area contributed by atoms with E-state index in [-0.39, 0.29) is 12.3 Å². The van der Waals surface area contributed by atoms with E-state index in [0.717, 1.165) is 0 Å². The van der Waals surface area contributed by atoms with E-state index in [1.807, 2.05) is 13.8 Å². The summed E-state index contributed by atoms with van der Waals surface area (Å²) in [5.74, 6) is 0.00952. The van der Waals surface area contributed by atoms with E-state index in [9.17, 15) is 14.7 Å². The van der Waals surface area contributed by atoms with Gasteiger partial charge in [-0.15, -0.1) is 0 Å². The molecule has 0 bridgehead atoms. The van der Waals surface area contributed by atoms with Crippen LogP contribution in [0, 0.1) is 5.92 Å². The number of aliphatic hydroxyl groups is 1. The minimum Gasteiger partial charge on any atom is -0.391 e. The minimum absolute atomic E-state index is 0.0244. The summed E-state index contributed by atoms with van der Waals surface area (Å²) in [6, 6.07) is -1.03. The van der Waals surface area contributed by atoms with Crippen LogP contribution in [-0.2, 0) is 9.59 Å². The van der Waals surface area contributed by atoms with Gasteiger partial charge in [0.15, 0.2) is 0 Å². The van der Waals surface area contributed by atoms with Gasteiger partial charge < -0.3 is 21.0 Å². The zero-order valence-corrected chi connectivity index (χ0v) is 10.1. The topological polar surface area (TPSA) is 92.4 Å². The normalized spacial score (nSPS) is 16.6. The lowest BCUT2D eigenvalue weighted by Gasteiger charge is -2.25. The van der Waals surface area contributed by atoms with Gasteiger partial charge in [-0.05, 0) is 19.3 Å². The van der Waals surface area contributed by atoms with Crippen molar-refractivity contribution in [2.24, 2.45) is 11.7 Å². The second-order valence-corrected chi connectivity index (χ2v) is 4.50. The van der Waals surface area contributed by atoms with Crippen molar-refractivity contribution in [2.45, 2.75) is 51.8 Å². The van der Waals surface area contributed by atoms with Gasteiger partial charge in [0, 0.05) is 6.42 Å². The first-order valence-electron chi connectivity index (χ1n) is 5.56. The lowest BCUT2D eigenvalue weighted by atomic mass is 9.97. The Balaban J connectivity index is 4.41. The van der Waals surface area contributed by atoms with Gasteiger partial charge in [-0.3, -0.25) is 4.79 Å². The van der Waals surface area contributed by atoms with Crippen LogP contribution in [0.1, 0.15) is 33.6 Å². The third kappa shape index (κ3) is 5.82. The summed E-state index contributed by atoms with van der Waals surface area (Å²) in [6.45, 7) is 5.55. The summed E-state index contributed by atoms with van der Waals surface area (Å²) in [6.07, 6.45) is 0.447. The molecule has 4 N–H and O–H groups in total. The van der Waals surface area contributed by atoms with Gasteiger partial charge in [-0.1, -0.05) is 13.8 Å². The molecule has 5 heteroatoms. The number of hydrogen-bond donors (Lipinski definition) is 3. The van der Waals surface area contributed by atoms with Crippen molar-refractivity contribution < 1.29 is 14.7 Å². The van der Waals surface area contributed by atoms with Gasteiger partial charge in [-0.2, -0.15) is 0 Å². The Morgan fingerprint density at radius 3 is 2.38 bits per heavy atom. The first kappa shape index (κ1) is 15.1. The van der Waals surface area contributed by atoms with E-state index >= 15 is 0 Å². The first-order valence-corrected chi connectivity index (χ1v) is 5.56. The van der Waals surface area contributed by atoms with Crippen molar-refractivity contribution in [3.05, 3.63) is 0 Å². The number of aldehydes is 1. The van der Waals surface area contributed by atoms with E-state index in [0.29, 0.717) is 18.6 Å². The fraction of sp³-hybridized carbons (Fsp3) is 0.818. The molecule has 0 fully saturated rings. The molecule has 0 aliphatic rings. The van der Waals surface area contributed by atoms with E-state index in [4.69, 9.17) is 5.73 Å². The number of rotatable bonds is 7. The van der Waals surface area contributed by atoms with Crippen molar-refractivity contribution in [3.63, 3.8) is 0 Å². The second kappa shape index (κ2) is 7.35. The van der Waals surface area contributed by atoms with Crippen LogP contribution in [0.15, 0.2) is 0 Å². The molecule has 0 spiro atoms.